The maximum atomic E-state index is 11.4. The Bertz CT molecular complexity index is 618. The van der Waals surface area contributed by atoms with Gasteiger partial charge in [0.25, 0.3) is 0 Å². The third-order valence-electron chi connectivity index (χ3n) is 6.72. The lowest BCUT2D eigenvalue weighted by Crippen LogP contribution is -2.49. The van der Waals surface area contributed by atoms with Crippen LogP contribution in [0.4, 0.5) is 0 Å². The summed E-state index contributed by atoms with van der Waals surface area (Å²) >= 11 is 0. The fourth-order valence-corrected chi connectivity index (χ4v) is 5.56. The van der Waals surface area contributed by atoms with Gasteiger partial charge in [0.15, 0.2) is 0 Å². The lowest BCUT2D eigenvalue weighted by Gasteiger charge is -2.55. The molecule has 0 heterocycles. The molecular weight excluding hydrogens is 284 g/mol. The molecule has 0 amide bonds. The zero-order valence-corrected chi connectivity index (χ0v) is 15.0. The molecule has 0 aliphatic heterocycles. The fraction of sp³-hybridized carbons (Fsp3) is 0.667. The summed E-state index contributed by atoms with van der Waals surface area (Å²) in [5, 5.41) is 9.40. The van der Waals surface area contributed by atoms with E-state index in [2.05, 4.69) is 45.9 Å². The van der Waals surface area contributed by atoms with Gasteiger partial charge in [0.2, 0.25) is 0 Å². The van der Waals surface area contributed by atoms with Crippen LogP contribution in [0.15, 0.2) is 18.2 Å². The van der Waals surface area contributed by atoms with Crippen LogP contribution in [-0.2, 0) is 16.6 Å². The number of carbonyl (C=O) groups is 1. The molecule has 0 radical (unpaired) electrons. The van der Waals surface area contributed by atoms with E-state index in [0.29, 0.717) is 18.3 Å². The van der Waals surface area contributed by atoms with Crippen molar-refractivity contribution in [3.05, 3.63) is 34.9 Å². The lowest BCUT2D eigenvalue weighted by atomic mass is 9.49. The first-order valence-electron chi connectivity index (χ1n) is 9.11. The Labute approximate surface area is 140 Å². The van der Waals surface area contributed by atoms with E-state index in [0.717, 1.165) is 25.7 Å². The predicted octanol–water partition coefficient (Wildman–Crippen LogP) is 5.30. The number of hydrogen-bond acceptors (Lipinski definition) is 1. The second-order valence-corrected chi connectivity index (χ2v) is 8.66. The zero-order chi connectivity index (χ0) is 16.8. The van der Waals surface area contributed by atoms with Crippen molar-refractivity contribution in [2.45, 2.75) is 77.6 Å². The fourth-order valence-electron chi connectivity index (χ4n) is 5.56. The van der Waals surface area contributed by atoms with Gasteiger partial charge in [-0.25, -0.2) is 0 Å². The third kappa shape index (κ3) is 2.70. The van der Waals surface area contributed by atoms with Crippen LogP contribution < -0.4 is 0 Å². The molecule has 3 atom stereocenters. The molecule has 2 heteroatoms. The molecule has 1 fully saturated rings. The minimum atomic E-state index is -0.641. The maximum Gasteiger partial charge on any atom is 0.303 e. The largest absolute Gasteiger partial charge is 0.481 e. The smallest absolute Gasteiger partial charge is 0.303 e. The molecule has 3 rings (SSSR count). The van der Waals surface area contributed by atoms with E-state index in [1.165, 1.54) is 23.1 Å². The lowest BCUT2D eigenvalue weighted by molar-refractivity contribution is -0.142. The number of hydrogen-bond donors (Lipinski definition) is 1. The van der Waals surface area contributed by atoms with Gasteiger partial charge in [0, 0.05) is 0 Å². The van der Waals surface area contributed by atoms with Crippen molar-refractivity contribution in [2.75, 3.05) is 0 Å². The Kier molecular flexibility index (Phi) is 4.06. The molecule has 2 aliphatic carbocycles. The summed E-state index contributed by atoms with van der Waals surface area (Å²) in [5.41, 5.74) is 4.51. The number of aliphatic carboxylic acids is 1. The summed E-state index contributed by atoms with van der Waals surface area (Å²) < 4.78 is 0. The number of aryl methyl sites for hydroxylation is 1. The van der Waals surface area contributed by atoms with Gasteiger partial charge in [-0.15, -0.1) is 0 Å². The van der Waals surface area contributed by atoms with Crippen LogP contribution in [0.25, 0.3) is 0 Å². The quantitative estimate of drug-likeness (QED) is 0.822. The summed E-state index contributed by atoms with van der Waals surface area (Å²) in [6.45, 7) is 9.11. The Morgan fingerprint density at radius 2 is 2.04 bits per heavy atom. The highest BCUT2D eigenvalue weighted by atomic mass is 16.4. The van der Waals surface area contributed by atoms with Crippen LogP contribution in [0.2, 0.25) is 0 Å². The highest BCUT2D eigenvalue weighted by Crippen LogP contribution is 2.58. The van der Waals surface area contributed by atoms with E-state index in [1.54, 1.807) is 0 Å². The molecule has 1 N–H and O–H groups in total. The molecule has 0 unspecified atom stereocenters. The zero-order valence-electron chi connectivity index (χ0n) is 15.0. The van der Waals surface area contributed by atoms with Crippen LogP contribution in [0.1, 0.15) is 82.4 Å². The standard InChI is InChI=1S/C21H30O2/c1-14(2)15-6-8-17-16(12-15)7-9-18-20(3,13-19(22)23)10-5-11-21(17,18)4/h6,8,12,14,18H,5,7,9-11,13H2,1-4H3,(H,22,23)/t18-,20-,21+/m0/s1. The monoisotopic (exact) mass is 314 g/mol. The molecule has 0 spiro atoms. The first kappa shape index (κ1) is 16.5. The van der Waals surface area contributed by atoms with E-state index in [1.807, 2.05) is 0 Å². The van der Waals surface area contributed by atoms with Gasteiger partial charge in [-0.1, -0.05) is 52.3 Å². The third-order valence-corrected chi connectivity index (χ3v) is 6.72. The van der Waals surface area contributed by atoms with Gasteiger partial charge >= 0.3 is 5.97 Å². The first-order chi connectivity index (χ1) is 10.8. The SMILES string of the molecule is CC(C)c1ccc2c(c1)CC[C@H]1[C@](C)(CC(=O)O)CCC[C@]21C. The van der Waals surface area contributed by atoms with Crippen molar-refractivity contribution < 1.29 is 9.90 Å². The van der Waals surface area contributed by atoms with Crippen molar-refractivity contribution in [3.63, 3.8) is 0 Å². The highest BCUT2D eigenvalue weighted by Gasteiger charge is 2.52. The minimum Gasteiger partial charge on any atom is -0.481 e. The van der Waals surface area contributed by atoms with Crippen molar-refractivity contribution in [1.82, 2.24) is 0 Å². The first-order valence-corrected chi connectivity index (χ1v) is 9.11. The summed E-state index contributed by atoms with van der Waals surface area (Å²) in [5.74, 6) is 0.407. The summed E-state index contributed by atoms with van der Waals surface area (Å²) in [6, 6.07) is 7.05. The second-order valence-electron chi connectivity index (χ2n) is 8.66. The van der Waals surface area contributed by atoms with E-state index in [4.69, 9.17) is 0 Å². The summed E-state index contributed by atoms with van der Waals surface area (Å²) in [7, 11) is 0. The van der Waals surface area contributed by atoms with Gasteiger partial charge in [-0.05, 0) is 65.0 Å². The summed E-state index contributed by atoms with van der Waals surface area (Å²) in [6.07, 6.45) is 5.94. The average Bonchev–Trinajstić information content (AvgIpc) is 2.45. The van der Waals surface area contributed by atoms with Crippen molar-refractivity contribution in [2.24, 2.45) is 11.3 Å². The van der Waals surface area contributed by atoms with E-state index in [9.17, 15) is 9.90 Å². The van der Waals surface area contributed by atoms with Gasteiger partial charge in [0.05, 0.1) is 6.42 Å². The van der Waals surface area contributed by atoms with Crippen LogP contribution in [-0.4, -0.2) is 11.1 Å². The molecule has 1 saturated carbocycles. The number of carboxylic acid groups (broad SMARTS) is 1. The molecule has 1 aromatic carbocycles. The molecule has 0 saturated heterocycles. The normalized spacial score (nSPS) is 33.2. The number of fused-ring (bicyclic) bond motifs is 3. The predicted molar refractivity (Wildman–Crippen MR) is 93.9 cm³/mol. The summed E-state index contributed by atoms with van der Waals surface area (Å²) in [4.78, 5) is 11.4. The number of benzene rings is 1. The van der Waals surface area contributed by atoms with Gasteiger partial charge in [-0.2, -0.15) is 0 Å². The van der Waals surface area contributed by atoms with Crippen molar-refractivity contribution in [3.8, 4) is 0 Å². The van der Waals surface area contributed by atoms with Crippen LogP contribution in [0, 0.1) is 11.3 Å². The molecule has 1 aromatic rings. The van der Waals surface area contributed by atoms with Crippen molar-refractivity contribution >= 4 is 5.97 Å². The molecule has 23 heavy (non-hydrogen) atoms. The Morgan fingerprint density at radius 3 is 2.70 bits per heavy atom. The highest BCUT2D eigenvalue weighted by molar-refractivity contribution is 5.68. The Hall–Kier alpha value is -1.31. The second kappa shape index (κ2) is 5.65. The van der Waals surface area contributed by atoms with Crippen LogP contribution in [0.5, 0.6) is 0 Å². The number of carboxylic acids is 1. The molecule has 2 aliphatic rings. The molecule has 126 valence electrons. The van der Waals surface area contributed by atoms with Crippen LogP contribution >= 0.6 is 0 Å². The van der Waals surface area contributed by atoms with E-state index < -0.39 is 5.97 Å². The minimum absolute atomic E-state index is 0.0623. The van der Waals surface area contributed by atoms with Crippen molar-refractivity contribution in [1.29, 1.82) is 0 Å². The molecular formula is C21H30O2. The number of rotatable bonds is 3. The molecule has 0 bridgehead atoms. The van der Waals surface area contributed by atoms with Gasteiger partial charge < -0.3 is 5.11 Å². The molecule has 0 aromatic heterocycles. The maximum absolute atomic E-state index is 11.4. The van der Waals surface area contributed by atoms with E-state index >= 15 is 0 Å². The average molecular weight is 314 g/mol. The Balaban J connectivity index is 2.02. The van der Waals surface area contributed by atoms with Gasteiger partial charge in [0.1, 0.15) is 0 Å². The molecule has 2 nitrogen and oxygen atoms in total. The van der Waals surface area contributed by atoms with Gasteiger partial charge in [-0.3, -0.25) is 4.79 Å². The van der Waals surface area contributed by atoms with Crippen LogP contribution in [0.3, 0.4) is 0 Å². The topological polar surface area (TPSA) is 37.3 Å². The Morgan fingerprint density at radius 1 is 1.30 bits per heavy atom. The van der Waals surface area contributed by atoms with E-state index in [-0.39, 0.29) is 10.8 Å².